The van der Waals surface area contributed by atoms with Crippen LogP contribution in [0.1, 0.15) is 42.9 Å². The number of carbonyl (C=O) groups is 2. The highest BCUT2D eigenvalue weighted by Crippen LogP contribution is 2.22. The Morgan fingerprint density at radius 3 is 2.84 bits per heavy atom. The Labute approximate surface area is 216 Å². The molecule has 0 radical (unpaired) electrons. The van der Waals surface area contributed by atoms with E-state index in [1.807, 2.05) is 44.2 Å². The van der Waals surface area contributed by atoms with E-state index in [9.17, 15) is 14.7 Å². The van der Waals surface area contributed by atoms with Crippen LogP contribution >= 0.6 is 0 Å². The monoisotopic (exact) mass is 510 g/mol. The van der Waals surface area contributed by atoms with Crippen molar-refractivity contribution >= 4 is 11.8 Å². The molecule has 2 amide bonds. The summed E-state index contributed by atoms with van der Waals surface area (Å²) in [6.07, 6.45) is 2.21. The lowest BCUT2D eigenvalue weighted by Gasteiger charge is -2.35. The van der Waals surface area contributed by atoms with Gasteiger partial charge in [-0.15, -0.1) is 5.10 Å². The van der Waals surface area contributed by atoms with Crippen LogP contribution in [0.25, 0.3) is 11.3 Å². The predicted molar refractivity (Wildman–Crippen MR) is 134 cm³/mol. The fraction of sp³-hybridized carbons (Fsp3) is 0.500. The van der Waals surface area contributed by atoms with Crippen molar-refractivity contribution in [2.24, 2.45) is 5.92 Å². The van der Waals surface area contributed by atoms with Crippen LogP contribution in [0.4, 0.5) is 0 Å². The maximum atomic E-state index is 13.2. The molecule has 0 aliphatic carbocycles. The van der Waals surface area contributed by atoms with Gasteiger partial charge in [0.2, 0.25) is 5.91 Å². The SMILES string of the molecule is C[C@@H]1CN([C@H](C)CO)C(=O)CCCn2nncc2CO[C@@H]1CN(C)C(=O)c1cc(-c2ccccc2)on1. The van der Waals surface area contributed by atoms with Crippen molar-refractivity contribution in [2.75, 3.05) is 26.7 Å². The number of aliphatic hydroxyl groups excluding tert-OH is 1. The molecule has 0 fully saturated rings. The van der Waals surface area contributed by atoms with Crippen LogP contribution in [0.15, 0.2) is 47.1 Å². The molecule has 1 aromatic carbocycles. The van der Waals surface area contributed by atoms with Gasteiger partial charge in [0.05, 0.1) is 37.3 Å². The van der Waals surface area contributed by atoms with Crippen LogP contribution in [0.3, 0.4) is 0 Å². The van der Waals surface area contributed by atoms with E-state index in [0.29, 0.717) is 31.7 Å². The van der Waals surface area contributed by atoms with Crippen LogP contribution in [-0.2, 0) is 22.7 Å². The average Bonchev–Trinajstić information content (AvgIpc) is 3.58. The van der Waals surface area contributed by atoms with Gasteiger partial charge in [-0.2, -0.15) is 0 Å². The number of likely N-dealkylation sites (N-methyl/N-ethyl adjacent to an activating group) is 1. The van der Waals surface area contributed by atoms with Gasteiger partial charge in [0, 0.05) is 50.7 Å². The van der Waals surface area contributed by atoms with Crippen molar-refractivity contribution in [2.45, 2.75) is 52.0 Å². The summed E-state index contributed by atoms with van der Waals surface area (Å²) in [4.78, 5) is 29.5. The molecule has 2 aromatic heterocycles. The van der Waals surface area contributed by atoms with Gasteiger partial charge in [-0.25, -0.2) is 4.68 Å². The second-order valence-corrected chi connectivity index (χ2v) is 9.58. The topological polar surface area (TPSA) is 127 Å². The Kier molecular flexibility index (Phi) is 8.67. The van der Waals surface area contributed by atoms with Crippen molar-refractivity contribution in [3.63, 3.8) is 0 Å². The third-order valence-corrected chi connectivity index (χ3v) is 6.73. The second kappa shape index (κ2) is 12.1. The van der Waals surface area contributed by atoms with Gasteiger partial charge >= 0.3 is 0 Å². The first kappa shape index (κ1) is 26.5. The minimum atomic E-state index is -0.404. The van der Waals surface area contributed by atoms with Gasteiger partial charge in [-0.3, -0.25) is 9.59 Å². The molecule has 0 spiro atoms. The van der Waals surface area contributed by atoms with E-state index in [0.717, 1.165) is 11.3 Å². The number of aromatic nitrogens is 4. The molecule has 3 heterocycles. The van der Waals surface area contributed by atoms with E-state index in [1.54, 1.807) is 33.8 Å². The summed E-state index contributed by atoms with van der Waals surface area (Å²) < 4.78 is 13.5. The van der Waals surface area contributed by atoms with Crippen molar-refractivity contribution in [3.05, 3.63) is 54.0 Å². The van der Waals surface area contributed by atoms with Crippen molar-refractivity contribution in [1.29, 1.82) is 0 Å². The Bertz CT molecular complexity index is 1180. The molecule has 1 N–H and O–H groups in total. The number of fused-ring (bicyclic) bond motifs is 1. The lowest BCUT2D eigenvalue weighted by molar-refractivity contribution is -0.136. The van der Waals surface area contributed by atoms with Crippen LogP contribution in [0.2, 0.25) is 0 Å². The summed E-state index contributed by atoms with van der Waals surface area (Å²) >= 11 is 0. The maximum absolute atomic E-state index is 13.2. The average molecular weight is 511 g/mol. The van der Waals surface area contributed by atoms with E-state index in [1.165, 1.54) is 0 Å². The number of hydrogen-bond donors (Lipinski definition) is 1. The lowest BCUT2D eigenvalue weighted by atomic mass is 10.0. The molecular weight excluding hydrogens is 476 g/mol. The van der Waals surface area contributed by atoms with E-state index < -0.39 is 6.10 Å². The number of aryl methyl sites for hydroxylation is 1. The predicted octanol–water partition coefficient (Wildman–Crippen LogP) is 2.23. The Balaban J connectivity index is 1.52. The minimum absolute atomic E-state index is 0.0325. The summed E-state index contributed by atoms with van der Waals surface area (Å²) in [5, 5.41) is 21.9. The zero-order valence-corrected chi connectivity index (χ0v) is 21.5. The summed E-state index contributed by atoms with van der Waals surface area (Å²) in [6.45, 7) is 5.16. The highest BCUT2D eigenvalue weighted by molar-refractivity contribution is 5.93. The minimum Gasteiger partial charge on any atom is -0.394 e. The van der Waals surface area contributed by atoms with Gasteiger partial charge in [-0.1, -0.05) is 47.6 Å². The molecule has 4 rings (SSSR count). The highest BCUT2D eigenvalue weighted by atomic mass is 16.5. The molecule has 37 heavy (non-hydrogen) atoms. The van der Waals surface area contributed by atoms with E-state index >= 15 is 0 Å². The maximum Gasteiger partial charge on any atom is 0.275 e. The summed E-state index contributed by atoms with van der Waals surface area (Å²) in [5.74, 6) is 0.0566. The molecule has 1 aliphatic heterocycles. The van der Waals surface area contributed by atoms with Crippen molar-refractivity contribution in [3.8, 4) is 11.3 Å². The van der Waals surface area contributed by atoms with Crippen LogP contribution in [0, 0.1) is 5.92 Å². The summed E-state index contributed by atoms with van der Waals surface area (Å²) in [6, 6.07) is 10.8. The number of benzene rings is 1. The zero-order chi connectivity index (χ0) is 26.4. The number of ether oxygens (including phenoxy) is 1. The van der Waals surface area contributed by atoms with E-state index in [2.05, 4.69) is 15.5 Å². The molecular formula is C26H34N6O5. The number of rotatable bonds is 6. The van der Waals surface area contributed by atoms with Gasteiger partial charge in [0.15, 0.2) is 11.5 Å². The van der Waals surface area contributed by atoms with E-state index in [-0.39, 0.29) is 49.2 Å². The first-order chi connectivity index (χ1) is 17.9. The van der Waals surface area contributed by atoms with Gasteiger partial charge in [-0.05, 0) is 13.3 Å². The number of nitrogens with zero attached hydrogens (tertiary/aromatic N) is 6. The summed E-state index contributed by atoms with van der Waals surface area (Å²) in [5.41, 5.74) is 1.85. The third kappa shape index (κ3) is 6.41. The smallest absolute Gasteiger partial charge is 0.275 e. The molecule has 3 atom stereocenters. The quantitative estimate of drug-likeness (QED) is 0.535. The van der Waals surface area contributed by atoms with Crippen LogP contribution < -0.4 is 0 Å². The number of hydrogen-bond acceptors (Lipinski definition) is 8. The molecule has 0 saturated carbocycles. The highest BCUT2D eigenvalue weighted by Gasteiger charge is 2.30. The number of aliphatic hydroxyl groups is 1. The summed E-state index contributed by atoms with van der Waals surface area (Å²) in [7, 11) is 1.69. The number of amides is 2. The van der Waals surface area contributed by atoms with Gasteiger partial charge in [0.25, 0.3) is 5.91 Å². The molecule has 0 bridgehead atoms. The van der Waals surface area contributed by atoms with Crippen molar-refractivity contribution in [1.82, 2.24) is 30.0 Å². The van der Waals surface area contributed by atoms with Crippen molar-refractivity contribution < 1.29 is 24.0 Å². The largest absolute Gasteiger partial charge is 0.394 e. The lowest BCUT2D eigenvalue weighted by Crippen LogP contribution is -2.48. The number of carbonyl (C=O) groups excluding carboxylic acids is 2. The van der Waals surface area contributed by atoms with Crippen LogP contribution in [0.5, 0.6) is 0 Å². The first-order valence-corrected chi connectivity index (χ1v) is 12.5. The molecule has 0 unspecified atom stereocenters. The van der Waals surface area contributed by atoms with Gasteiger partial charge in [0.1, 0.15) is 0 Å². The Hall–Kier alpha value is -3.57. The molecule has 3 aromatic rings. The first-order valence-electron chi connectivity index (χ1n) is 12.5. The Morgan fingerprint density at radius 1 is 1.30 bits per heavy atom. The van der Waals surface area contributed by atoms with Crippen LogP contribution in [-0.4, -0.2) is 85.8 Å². The van der Waals surface area contributed by atoms with Gasteiger partial charge < -0.3 is 24.2 Å². The zero-order valence-electron chi connectivity index (χ0n) is 21.5. The molecule has 11 heteroatoms. The fourth-order valence-corrected chi connectivity index (χ4v) is 4.41. The fourth-order valence-electron chi connectivity index (χ4n) is 4.41. The standard InChI is InChI=1S/C26H34N6O5/c1-18-14-31(19(2)16-33)25(34)10-7-11-32-21(13-27-29-32)17-36-24(18)15-30(3)26(35)22-12-23(37-28-22)20-8-5-4-6-9-20/h4-6,8-9,12-13,18-19,24,33H,7,10-11,14-17H2,1-3H3/t18-,19-,24-/m1/s1. The third-order valence-electron chi connectivity index (χ3n) is 6.73. The normalized spacial score (nSPS) is 20.0. The molecule has 198 valence electrons. The second-order valence-electron chi connectivity index (χ2n) is 9.58. The molecule has 1 aliphatic rings. The Morgan fingerprint density at radius 2 is 2.08 bits per heavy atom. The molecule has 11 nitrogen and oxygen atoms in total. The molecule has 0 saturated heterocycles. The van der Waals surface area contributed by atoms with E-state index in [4.69, 9.17) is 9.26 Å².